The van der Waals surface area contributed by atoms with Gasteiger partial charge in [-0.15, -0.1) is 11.3 Å². The molecule has 0 bridgehead atoms. The van der Waals surface area contributed by atoms with Crippen molar-refractivity contribution in [1.82, 2.24) is 0 Å². The Morgan fingerprint density at radius 3 is 2.45 bits per heavy atom. The predicted octanol–water partition coefficient (Wildman–Crippen LogP) is 4.59. The third-order valence-corrected chi connectivity index (χ3v) is 4.95. The molecule has 0 aliphatic heterocycles. The largest absolute Gasteiger partial charge is 0.489 e. The van der Waals surface area contributed by atoms with Crippen molar-refractivity contribution >= 4 is 34.5 Å². The Balaban J connectivity index is 1.66. The smallest absolute Gasteiger partial charge is 0.265 e. The lowest BCUT2D eigenvalue weighted by atomic mass is 10.1. The summed E-state index contributed by atoms with van der Waals surface area (Å²) in [6, 6.07) is 15.9. The second-order valence-corrected chi connectivity index (χ2v) is 7.25. The molecule has 3 rings (SSSR count). The highest BCUT2D eigenvalue weighted by molar-refractivity contribution is 7.12. The minimum absolute atomic E-state index is 0.172. The van der Waals surface area contributed by atoms with Crippen LogP contribution in [0.25, 0.3) is 0 Å². The van der Waals surface area contributed by atoms with E-state index in [9.17, 15) is 9.59 Å². The average Bonchev–Trinajstić information content (AvgIpc) is 3.26. The molecule has 1 heterocycles. The summed E-state index contributed by atoms with van der Waals surface area (Å²) in [5.74, 6) is 0.159. The van der Waals surface area contributed by atoms with Crippen molar-refractivity contribution in [2.24, 2.45) is 0 Å². The van der Waals surface area contributed by atoms with Crippen LogP contribution in [-0.2, 0) is 4.74 Å². The molecular weight excluding hydrogens is 388 g/mol. The number of nitrogens with one attached hydrogen (secondary N) is 2. The third kappa shape index (κ3) is 5.66. The molecule has 0 atom stereocenters. The number of carbonyl (C=O) groups is 2. The normalized spacial score (nSPS) is 10.4. The third-order valence-electron chi connectivity index (χ3n) is 4.08. The lowest BCUT2D eigenvalue weighted by Gasteiger charge is -2.13. The van der Waals surface area contributed by atoms with Crippen molar-refractivity contribution in [3.05, 3.63) is 76.0 Å². The molecule has 0 unspecified atom stereocenters. The van der Waals surface area contributed by atoms with Gasteiger partial charge in [0.1, 0.15) is 12.4 Å². The Morgan fingerprint density at radius 1 is 0.966 bits per heavy atom. The lowest BCUT2D eigenvalue weighted by molar-refractivity contribution is 0.102. The predicted molar refractivity (Wildman–Crippen MR) is 115 cm³/mol. The van der Waals surface area contributed by atoms with Gasteiger partial charge in [0.05, 0.1) is 17.2 Å². The molecule has 29 heavy (non-hydrogen) atoms. The van der Waals surface area contributed by atoms with Crippen LogP contribution in [0.2, 0.25) is 0 Å². The number of aryl methyl sites for hydroxylation is 1. The van der Waals surface area contributed by atoms with Gasteiger partial charge in [-0.25, -0.2) is 0 Å². The molecule has 1 aromatic heterocycles. The average molecular weight is 410 g/mol. The lowest BCUT2D eigenvalue weighted by Crippen LogP contribution is -2.14. The summed E-state index contributed by atoms with van der Waals surface area (Å²) < 4.78 is 10.7. The van der Waals surface area contributed by atoms with Gasteiger partial charge in [0.15, 0.2) is 0 Å². The van der Waals surface area contributed by atoms with Crippen LogP contribution in [0.1, 0.15) is 25.6 Å². The first-order valence-electron chi connectivity index (χ1n) is 9.05. The topological polar surface area (TPSA) is 76.7 Å². The van der Waals surface area contributed by atoms with Gasteiger partial charge in [0.25, 0.3) is 11.8 Å². The Kier molecular flexibility index (Phi) is 6.99. The number of rotatable bonds is 8. The van der Waals surface area contributed by atoms with Gasteiger partial charge in [-0.2, -0.15) is 0 Å². The number of hydrogen-bond acceptors (Lipinski definition) is 5. The number of thiophene rings is 1. The van der Waals surface area contributed by atoms with E-state index in [0.717, 1.165) is 5.56 Å². The second-order valence-electron chi connectivity index (χ2n) is 6.30. The molecule has 0 fully saturated rings. The van der Waals surface area contributed by atoms with E-state index in [0.29, 0.717) is 40.8 Å². The van der Waals surface area contributed by atoms with E-state index in [1.54, 1.807) is 37.4 Å². The zero-order chi connectivity index (χ0) is 20.6. The minimum atomic E-state index is -0.262. The second kappa shape index (κ2) is 9.86. The van der Waals surface area contributed by atoms with E-state index in [1.807, 2.05) is 36.6 Å². The number of amides is 2. The minimum Gasteiger partial charge on any atom is -0.489 e. The van der Waals surface area contributed by atoms with Crippen molar-refractivity contribution in [3.8, 4) is 5.75 Å². The van der Waals surface area contributed by atoms with Gasteiger partial charge in [-0.3, -0.25) is 9.59 Å². The van der Waals surface area contributed by atoms with Crippen molar-refractivity contribution in [3.63, 3.8) is 0 Å². The van der Waals surface area contributed by atoms with Crippen LogP contribution in [0.4, 0.5) is 11.4 Å². The number of carbonyl (C=O) groups excluding carboxylic acids is 2. The fraction of sp³-hybridized carbons (Fsp3) is 0.182. The van der Waals surface area contributed by atoms with Crippen LogP contribution in [0.15, 0.2) is 60.0 Å². The fourth-order valence-corrected chi connectivity index (χ4v) is 3.21. The summed E-state index contributed by atoms with van der Waals surface area (Å²) in [6.07, 6.45) is 0. The maximum Gasteiger partial charge on any atom is 0.265 e. The number of methoxy groups -OCH3 is 1. The molecule has 150 valence electrons. The van der Waals surface area contributed by atoms with Crippen molar-refractivity contribution < 1.29 is 19.1 Å². The molecule has 3 aromatic rings. The summed E-state index contributed by atoms with van der Waals surface area (Å²) in [5, 5.41) is 7.53. The van der Waals surface area contributed by atoms with Crippen LogP contribution in [0.3, 0.4) is 0 Å². The van der Waals surface area contributed by atoms with E-state index in [-0.39, 0.29) is 11.8 Å². The molecule has 0 aliphatic rings. The Bertz CT molecular complexity index is 969. The van der Waals surface area contributed by atoms with E-state index in [4.69, 9.17) is 9.47 Å². The number of benzene rings is 2. The Morgan fingerprint density at radius 2 is 1.76 bits per heavy atom. The van der Waals surface area contributed by atoms with Crippen molar-refractivity contribution in [2.45, 2.75) is 6.92 Å². The van der Waals surface area contributed by atoms with Crippen molar-refractivity contribution in [1.29, 1.82) is 0 Å². The first-order chi connectivity index (χ1) is 14.1. The summed E-state index contributed by atoms with van der Waals surface area (Å²) in [4.78, 5) is 25.4. The summed E-state index contributed by atoms with van der Waals surface area (Å²) in [6.45, 7) is 2.80. The molecule has 2 N–H and O–H groups in total. The quantitative estimate of drug-likeness (QED) is 0.533. The molecule has 2 amide bonds. The van der Waals surface area contributed by atoms with Crippen LogP contribution in [0.5, 0.6) is 5.75 Å². The highest BCUT2D eigenvalue weighted by Gasteiger charge is 2.12. The summed E-state index contributed by atoms with van der Waals surface area (Å²) >= 11 is 1.37. The maximum atomic E-state index is 12.6. The van der Waals surface area contributed by atoms with Crippen molar-refractivity contribution in [2.75, 3.05) is 31.0 Å². The van der Waals surface area contributed by atoms with Gasteiger partial charge in [0, 0.05) is 18.4 Å². The molecule has 2 aromatic carbocycles. The van der Waals surface area contributed by atoms with Crippen LogP contribution < -0.4 is 15.4 Å². The molecule has 7 heteroatoms. The highest BCUT2D eigenvalue weighted by atomic mass is 32.1. The Labute approximate surface area is 173 Å². The zero-order valence-electron chi connectivity index (χ0n) is 16.2. The first-order valence-corrected chi connectivity index (χ1v) is 9.93. The van der Waals surface area contributed by atoms with E-state index in [2.05, 4.69) is 10.6 Å². The van der Waals surface area contributed by atoms with Crippen LogP contribution in [0, 0.1) is 6.92 Å². The molecule has 0 saturated heterocycles. The monoisotopic (exact) mass is 410 g/mol. The van der Waals surface area contributed by atoms with Gasteiger partial charge < -0.3 is 20.1 Å². The molecule has 6 nitrogen and oxygen atoms in total. The van der Waals surface area contributed by atoms with E-state index >= 15 is 0 Å². The van der Waals surface area contributed by atoms with Gasteiger partial charge >= 0.3 is 0 Å². The highest BCUT2D eigenvalue weighted by Crippen LogP contribution is 2.26. The van der Waals surface area contributed by atoms with E-state index < -0.39 is 0 Å². The van der Waals surface area contributed by atoms with Crippen LogP contribution >= 0.6 is 11.3 Å². The first kappa shape index (κ1) is 20.6. The molecule has 0 spiro atoms. The van der Waals surface area contributed by atoms with E-state index in [1.165, 1.54) is 11.3 Å². The molecule has 0 radical (unpaired) electrons. The number of ether oxygens (including phenoxy) is 2. The summed E-state index contributed by atoms with van der Waals surface area (Å²) in [7, 11) is 1.61. The summed E-state index contributed by atoms with van der Waals surface area (Å²) in [5.41, 5.74) is 2.72. The number of anilines is 2. The number of hydrogen-bond donors (Lipinski definition) is 2. The van der Waals surface area contributed by atoms with Gasteiger partial charge in [-0.1, -0.05) is 12.1 Å². The maximum absolute atomic E-state index is 12.6. The standard InChI is InChI=1S/C22H22N2O4S/c1-15-5-10-18(19(14-15)28-12-11-27-2)24-21(25)16-6-8-17(9-7-16)23-22(26)20-4-3-13-29-20/h3-10,13-14H,11-12H2,1-2H3,(H,23,26)(H,24,25). The van der Waals surface area contributed by atoms with Gasteiger partial charge in [-0.05, 0) is 60.3 Å². The van der Waals surface area contributed by atoms with Gasteiger partial charge in [0.2, 0.25) is 0 Å². The fourth-order valence-electron chi connectivity index (χ4n) is 2.59. The molecule has 0 saturated carbocycles. The van der Waals surface area contributed by atoms with Crippen LogP contribution in [-0.4, -0.2) is 32.1 Å². The zero-order valence-corrected chi connectivity index (χ0v) is 17.0. The molecular formula is C22H22N2O4S. The SMILES string of the molecule is COCCOc1cc(C)ccc1NC(=O)c1ccc(NC(=O)c2cccs2)cc1. The molecule has 0 aliphatic carbocycles. The Hall–Kier alpha value is -3.16.